The number of hydrogen-bond donors (Lipinski definition) is 2. The van der Waals surface area contributed by atoms with Gasteiger partial charge in [-0.3, -0.25) is 9.69 Å². The molecule has 2 saturated carbocycles. The normalized spacial score (nSPS) is 31.6. The number of carbonyl (C=O) groups excluding carboxylic acids is 1. The molecular weight excluding hydrogens is 490 g/mol. The van der Waals surface area contributed by atoms with Crippen LogP contribution in [-0.4, -0.2) is 83.2 Å². The summed E-state index contributed by atoms with van der Waals surface area (Å²) < 4.78 is 29.7. The summed E-state index contributed by atoms with van der Waals surface area (Å²) in [5, 5.41) is 7.02. The maximum Gasteiger partial charge on any atom is 0.282 e. The van der Waals surface area contributed by atoms with Crippen LogP contribution in [0, 0.1) is 5.92 Å². The van der Waals surface area contributed by atoms with E-state index in [4.69, 9.17) is 4.98 Å². The van der Waals surface area contributed by atoms with E-state index in [9.17, 15) is 13.2 Å². The first-order valence-electron chi connectivity index (χ1n) is 14.3. The molecule has 3 saturated heterocycles. The van der Waals surface area contributed by atoms with Gasteiger partial charge in [0.05, 0.1) is 5.41 Å². The fraction of sp³-hybridized carbons (Fsp3) is 0.808. The van der Waals surface area contributed by atoms with E-state index in [-0.39, 0.29) is 28.9 Å². The van der Waals surface area contributed by atoms with Crippen LogP contribution in [0.5, 0.6) is 0 Å². The molecule has 11 heteroatoms. The lowest BCUT2D eigenvalue weighted by Gasteiger charge is -2.53. The second-order valence-corrected chi connectivity index (χ2v) is 14.3. The van der Waals surface area contributed by atoms with Crippen molar-refractivity contribution in [1.29, 1.82) is 0 Å². The lowest BCUT2D eigenvalue weighted by Crippen LogP contribution is -2.72. The van der Waals surface area contributed by atoms with Gasteiger partial charge in [-0.25, -0.2) is 4.98 Å². The standard InChI is InChI=1S/C26H39N7O3S/c1-18-5-4-6-21(18)33-22-20(26(10-11-26)23(33)34)15-27-24(30-22)29-19-7-13-31(14-8-19)37(35,36)32-16-25(17-32)9-2-3-12-28-25/h15,18-19,21,28H,2-14,16-17H2,1H3,(H,27,29,30). The van der Waals surface area contributed by atoms with E-state index in [0.29, 0.717) is 50.9 Å². The Balaban J connectivity index is 1.00. The van der Waals surface area contributed by atoms with Gasteiger partial charge in [-0.2, -0.15) is 22.0 Å². The SMILES string of the molecule is CC1CCCC1N1C(=O)C2(CC2)c2cnc(NC3CCN(S(=O)(=O)N4CC5(CCCCN5)C4)CC3)nc21. The third-order valence-corrected chi connectivity index (χ3v) is 11.9. The van der Waals surface area contributed by atoms with E-state index in [0.717, 1.165) is 56.5 Å². The Bertz CT molecular complexity index is 1180. The first kappa shape index (κ1) is 24.2. The van der Waals surface area contributed by atoms with Gasteiger partial charge in [0.25, 0.3) is 10.2 Å². The minimum Gasteiger partial charge on any atom is -0.351 e. The second kappa shape index (κ2) is 8.59. The molecule has 4 aliphatic heterocycles. The summed E-state index contributed by atoms with van der Waals surface area (Å²) in [6.07, 6.45) is 11.9. The van der Waals surface area contributed by atoms with Gasteiger partial charge in [-0.15, -0.1) is 0 Å². The van der Waals surface area contributed by atoms with E-state index in [1.165, 1.54) is 12.8 Å². The molecule has 2 N–H and O–H groups in total. The van der Waals surface area contributed by atoms with E-state index in [1.807, 2.05) is 11.1 Å². The Morgan fingerprint density at radius 2 is 1.81 bits per heavy atom. The molecule has 0 bridgehead atoms. The molecular formula is C26H39N7O3S. The van der Waals surface area contributed by atoms with E-state index < -0.39 is 10.2 Å². The van der Waals surface area contributed by atoms with Crippen molar-refractivity contribution in [2.75, 3.05) is 42.9 Å². The van der Waals surface area contributed by atoms with Gasteiger partial charge >= 0.3 is 0 Å². The van der Waals surface area contributed by atoms with Crippen LogP contribution in [0.4, 0.5) is 11.8 Å². The highest BCUT2D eigenvalue weighted by molar-refractivity contribution is 7.86. The van der Waals surface area contributed by atoms with Crippen molar-refractivity contribution >= 4 is 27.9 Å². The highest BCUT2D eigenvalue weighted by atomic mass is 32.2. The number of amides is 1. The molecule has 10 nitrogen and oxygen atoms in total. The first-order valence-corrected chi connectivity index (χ1v) is 15.7. The molecule has 1 aromatic rings. The van der Waals surface area contributed by atoms with Crippen LogP contribution < -0.4 is 15.5 Å². The molecule has 1 amide bonds. The number of rotatable bonds is 5. The molecule has 5 fully saturated rings. The molecule has 1 aromatic heterocycles. The summed E-state index contributed by atoms with van der Waals surface area (Å²) in [6.45, 7) is 5.41. The van der Waals surface area contributed by atoms with Crippen molar-refractivity contribution in [3.63, 3.8) is 0 Å². The molecule has 2 aliphatic carbocycles. The number of nitrogens with zero attached hydrogens (tertiary/aromatic N) is 5. The van der Waals surface area contributed by atoms with Crippen LogP contribution in [0.1, 0.15) is 76.7 Å². The van der Waals surface area contributed by atoms with Gasteiger partial charge in [0.1, 0.15) is 5.82 Å². The smallest absolute Gasteiger partial charge is 0.282 e. The lowest BCUT2D eigenvalue weighted by atomic mass is 9.84. The third-order valence-electron chi connectivity index (χ3n) is 10.0. The molecule has 5 heterocycles. The van der Waals surface area contributed by atoms with Crippen LogP contribution in [0.3, 0.4) is 0 Å². The lowest BCUT2D eigenvalue weighted by molar-refractivity contribution is -0.120. The van der Waals surface area contributed by atoms with E-state index >= 15 is 0 Å². The zero-order valence-corrected chi connectivity index (χ0v) is 22.6. The Morgan fingerprint density at radius 3 is 2.46 bits per heavy atom. The van der Waals surface area contributed by atoms with Crippen LogP contribution in [-0.2, 0) is 20.4 Å². The van der Waals surface area contributed by atoms with Crippen LogP contribution in [0.15, 0.2) is 6.20 Å². The number of carbonyl (C=O) groups is 1. The fourth-order valence-corrected chi connectivity index (χ4v) is 9.32. The zero-order chi connectivity index (χ0) is 25.4. The molecule has 7 rings (SSSR count). The number of piperidine rings is 2. The molecule has 2 unspecified atom stereocenters. The minimum atomic E-state index is -3.42. The molecule has 202 valence electrons. The second-order valence-electron chi connectivity index (χ2n) is 12.4. The van der Waals surface area contributed by atoms with Crippen molar-refractivity contribution < 1.29 is 13.2 Å². The predicted molar refractivity (Wildman–Crippen MR) is 141 cm³/mol. The Morgan fingerprint density at radius 1 is 1.03 bits per heavy atom. The van der Waals surface area contributed by atoms with Crippen molar-refractivity contribution in [2.24, 2.45) is 5.92 Å². The molecule has 2 spiro atoms. The highest BCUT2D eigenvalue weighted by Crippen LogP contribution is 2.58. The highest BCUT2D eigenvalue weighted by Gasteiger charge is 2.62. The summed E-state index contributed by atoms with van der Waals surface area (Å²) in [5.74, 6) is 2.07. The quantitative estimate of drug-likeness (QED) is 0.600. The van der Waals surface area contributed by atoms with Crippen LogP contribution in [0.25, 0.3) is 0 Å². The molecule has 0 aromatic carbocycles. The van der Waals surface area contributed by atoms with E-state index in [1.54, 1.807) is 8.61 Å². The van der Waals surface area contributed by atoms with Gasteiger partial charge in [0.15, 0.2) is 0 Å². The zero-order valence-electron chi connectivity index (χ0n) is 21.8. The summed E-state index contributed by atoms with van der Waals surface area (Å²) in [5.41, 5.74) is 0.627. The van der Waals surface area contributed by atoms with Gasteiger partial charge in [-0.1, -0.05) is 19.8 Å². The minimum absolute atomic E-state index is 0.000702. The number of aromatic nitrogens is 2. The van der Waals surface area contributed by atoms with Gasteiger partial charge in [0.2, 0.25) is 11.9 Å². The number of anilines is 2. The largest absolute Gasteiger partial charge is 0.351 e. The fourth-order valence-electron chi connectivity index (χ4n) is 7.50. The van der Waals surface area contributed by atoms with Crippen LogP contribution >= 0.6 is 0 Å². The summed E-state index contributed by atoms with van der Waals surface area (Å²) in [4.78, 5) is 25.0. The van der Waals surface area contributed by atoms with E-state index in [2.05, 4.69) is 22.5 Å². The third kappa shape index (κ3) is 3.83. The topological polar surface area (TPSA) is 111 Å². The maximum absolute atomic E-state index is 13.5. The number of hydrogen-bond acceptors (Lipinski definition) is 7. The van der Waals surface area contributed by atoms with Crippen molar-refractivity contribution in [3.8, 4) is 0 Å². The molecule has 6 aliphatic rings. The summed E-state index contributed by atoms with van der Waals surface area (Å²) in [7, 11) is -3.42. The summed E-state index contributed by atoms with van der Waals surface area (Å²) >= 11 is 0. The number of nitrogens with one attached hydrogen (secondary N) is 2. The Labute approximate surface area is 219 Å². The Kier molecular flexibility index (Phi) is 5.63. The van der Waals surface area contributed by atoms with Gasteiger partial charge in [-0.05, 0) is 63.8 Å². The maximum atomic E-state index is 13.5. The first-order chi connectivity index (χ1) is 17.8. The van der Waals surface area contributed by atoms with Crippen LogP contribution in [0.2, 0.25) is 0 Å². The molecule has 0 radical (unpaired) electrons. The predicted octanol–water partition coefficient (Wildman–Crippen LogP) is 1.99. The van der Waals surface area contributed by atoms with Gasteiger partial charge in [0, 0.05) is 55.6 Å². The van der Waals surface area contributed by atoms with Gasteiger partial charge < -0.3 is 10.6 Å². The molecule has 37 heavy (non-hydrogen) atoms. The van der Waals surface area contributed by atoms with Crippen molar-refractivity contribution in [3.05, 3.63) is 11.8 Å². The van der Waals surface area contributed by atoms with Crippen molar-refractivity contribution in [1.82, 2.24) is 23.9 Å². The Hall–Kier alpha value is -1.82. The number of fused-ring (bicyclic) bond motifs is 2. The summed E-state index contributed by atoms with van der Waals surface area (Å²) in [6, 6.07) is 0.338. The molecule has 2 atom stereocenters. The average Bonchev–Trinajstić information content (AvgIpc) is 3.53. The van der Waals surface area contributed by atoms with Crippen molar-refractivity contribution in [2.45, 2.75) is 94.2 Å². The monoisotopic (exact) mass is 529 g/mol. The average molecular weight is 530 g/mol.